The van der Waals surface area contributed by atoms with Crippen LogP contribution in [0.2, 0.25) is 0 Å². The number of pyridine rings is 1. The van der Waals surface area contributed by atoms with Crippen LogP contribution in [0.4, 0.5) is 17.5 Å². The Bertz CT molecular complexity index is 619. The van der Waals surface area contributed by atoms with E-state index in [1.807, 2.05) is 6.07 Å². The second-order valence-electron chi connectivity index (χ2n) is 4.50. The molecule has 4 N–H and O–H groups in total. The van der Waals surface area contributed by atoms with E-state index in [9.17, 15) is 4.79 Å². The van der Waals surface area contributed by atoms with E-state index in [0.29, 0.717) is 18.9 Å². The highest BCUT2D eigenvalue weighted by atomic mass is 16.5. The number of amides is 1. The smallest absolute Gasteiger partial charge is 0.293 e. The molecule has 0 radical (unpaired) electrons. The molecule has 1 fully saturated rings. The Morgan fingerprint density at radius 1 is 1.38 bits per heavy atom. The van der Waals surface area contributed by atoms with Crippen LogP contribution in [-0.2, 0) is 4.74 Å². The molecule has 1 aliphatic heterocycles. The molecule has 2 aromatic heterocycles. The highest BCUT2D eigenvalue weighted by molar-refractivity contribution is 6.01. The van der Waals surface area contributed by atoms with Gasteiger partial charge in [-0.1, -0.05) is 0 Å². The molecule has 1 amide bonds. The van der Waals surface area contributed by atoms with Gasteiger partial charge < -0.3 is 20.7 Å². The van der Waals surface area contributed by atoms with E-state index in [0.717, 1.165) is 18.9 Å². The molecular weight excluding hydrogens is 274 g/mol. The second kappa shape index (κ2) is 5.75. The monoisotopic (exact) mass is 289 g/mol. The Balaban J connectivity index is 1.65. The molecule has 110 valence electrons. The lowest BCUT2D eigenvalue weighted by molar-refractivity contribution is 0.101. The number of hydrogen-bond donors (Lipinski definition) is 3. The number of aromatic nitrogens is 4. The van der Waals surface area contributed by atoms with E-state index in [4.69, 9.17) is 10.5 Å². The number of nitrogens with one attached hydrogen (secondary N) is 2. The van der Waals surface area contributed by atoms with Crippen molar-refractivity contribution in [3.63, 3.8) is 0 Å². The molecule has 2 aromatic rings. The van der Waals surface area contributed by atoms with E-state index in [-0.39, 0.29) is 11.8 Å². The first-order chi connectivity index (χ1) is 10.2. The molecule has 1 aliphatic rings. The number of nitrogens with two attached hydrogens (primary N) is 1. The molecule has 0 aromatic carbocycles. The summed E-state index contributed by atoms with van der Waals surface area (Å²) in [5, 5.41) is 8.72. The molecule has 0 aliphatic carbocycles. The Labute approximate surface area is 120 Å². The van der Waals surface area contributed by atoms with E-state index >= 15 is 0 Å². The van der Waals surface area contributed by atoms with Crippen molar-refractivity contribution in [1.82, 2.24) is 20.2 Å². The minimum absolute atomic E-state index is 0.0286. The molecule has 9 heteroatoms. The van der Waals surface area contributed by atoms with Gasteiger partial charge in [-0.05, 0) is 12.1 Å². The number of anilines is 3. The quantitative estimate of drug-likeness (QED) is 0.719. The van der Waals surface area contributed by atoms with Crippen LogP contribution >= 0.6 is 0 Å². The highest BCUT2D eigenvalue weighted by Gasteiger charge is 2.14. The Hall–Kier alpha value is -2.68. The molecule has 3 heterocycles. The van der Waals surface area contributed by atoms with Crippen LogP contribution in [-0.4, -0.2) is 52.4 Å². The number of morpholine rings is 1. The van der Waals surface area contributed by atoms with Gasteiger partial charge in [-0.2, -0.15) is 4.98 Å². The lowest BCUT2D eigenvalue weighted by Gasteiger charge is -2.27. The van der Waals surface area contributed by atoms with Gasteiger partial charge in [0.1, 0.15) is 5.82 Å². The zero-order valence-corrected chi connectivity index (χ0v) is 11.2. The zero-order chi connectivity index (χ0) is 14.7. The first kappa shape index (κ1) is 13.3. The number of rotatable bonds is 3. The average Bonchev–Trinajstić information content (AvgIpc) is 2.96. The topological polar surface area (TPSA) is 122 Å². The minimum Gasteiger partial charge on any atom is -0.378 e. The van der Waals surface area contributed by atoms with Crippen LogP contribution in [0.25, 0.3) is 0 Å². The fraction of sp³-hybridized carbons (Fsp3) is 0.333. The van der Waals surface area contributed by atoms with Crippen molar-refractivity contribution in [1.29, 1.82) is 0 Å². The normalized spacial score (nSPS) is 15.0. The van der Waals surface area contributed by atoms with Crippen LogP contribution in [0.5, 0.6) is 0 Å². The number of nitrogen functional groups attached to an aromatic ring is 1. The highest BCUT2D eigenvalue weighted by Crippen LogP contribution is 2.15. The van der Waals surface area contributed by atoms with Crippen molar-refractivity contribution < 1.29 is 9.53 Å². The lowest BCUT2D eigenvalue weighted by Crippen LogP contribution is -2.36. The van der Waals surface area contributed by atoms with Crippen molar-refractivity contribution in [3.8, 4) is 0 Å². The second-order valence-corrected chi connectivity index (χ2v) is 4.50. The van der Waals surface area contributed by atoms with E-state index in [2.05, 4.69) is 30.4 Å². The maximum absolute atomic E-state index is 11.9. The van der Waals surface area contributed by atoms with E-state index in [1.54, 1.807) is 12.3 Å². The summed E-state index contributed by atoms with van der Waals surface area (Å²) >= 11 is 0. The predicted molar refractivity (Wildman–Crippen MR) is 76.0 cm³/mol. The van der Waals surface area contributed by atoms with Crippen molar-refractivity contribution in [2.45, 2.75) is 0 Å². The number of carbonyl (C=O) groups excluding carboxylic acids is 1. The first-order valence-corrected chi connectivity index (χ1v) is 6.50. The zero-order valence-electron chi connectivity index (χ0n) is 11.2. The molecular formula is C12H15N7O2. The number of nitrogens with zero attached hydrogens (tertiary/aromatic N) is 4. The van der Waals surface area contributed by atoms with Gasteiger partial charge in [0.15, 0.2) is 0 Å². The SMILES string of the molecule is Nc1n[nH]c(C(=O)Nc2ccc(N3CCOCC3)nc2)n1. The minimum atomic E-state index is -0.417. The molecule has 3 rings (SSSR count). The van der Waals surface area contributed by atoms with Gasteiger partial charge in [0.25, 0.3) is 5.91 Å². The fourth-order valence-electron chi connectivity index (χ4n) is 2.01. The van der Waals surface area contributed by atoms with Crippen molar-refractivity contribution in [3.05, 3.63) is 24.2 Å². The van der Waals surface area contributed by atoms with Gasteiger partial charge >= 0.3 is 0 Å². The van der Waals surface area contributed by atoms with Crippen LogP contribution < -0.4 is 16.0 Å². The van der Waals surface area contributed by atoms with Crippen molar-refractivity contribution in [2.24, 2.45) is 0 Å². The summed E-state index contributed by atoms with van der Waals surface area (Å²) in [6.45, 7) is 3.03. The van der Waals surface area contributed by atoms with Crippen molar-refractivity contribution in [2.75, 3.05) is 42.3 Å². The summed E-state index contributed by atoms with van der Waals surface area (Å²) in [4.78, 5) is 22.1. The van der Waals surface area contributed by atoms with Gasteiger partial charge in [0.05, 0.1) is 25.1 Å². The standard InChI is InChI=1S/C12H15N7O2/c13-12-16-10(17-18-12)11(20)15-8-1-2-9(14-7-8)19-3-5-21-6-4-19/h1-2,7H,3-6H2,(H,15,20)(H3,13,16,17,18). The van der Waals surface area contributed by atoms with Gasteiger partial charge in [0.2, 0.25) is 11.8 Å². The van der Waals surface area contributed by atoms with Gasteiger partial charge in [-0.3, -0.25) is 9.89 Å². The summed E-state index contributed by atoms with van der Waals surface area (Å²) in [7, 11) is 0. The third-order valence-corrected chi connectivity index (χ3v) is 3.06. The average molecular weight is 289 g/mol. The lowest BCUT2D eigenvalue weighted by atomic mass is 10.3. The molecule has 9 nitrogen and oxygen atoms in total. The summed E-state index contributed by atoms with van der Waals surface area (Å²) in [6.07, 6.45) is 1.60. The molecule has 0 unspecified atom stereocenters. The molecule has 0 spiro atoms. The summed E-state index contributed by atoms with van der Waals surface area (Å²) in [6, 6.07) is 3.64. The molecule has 1 saturated heterocycles. The van der Waals surface area contributed by atoms with Crippen LogP contribution in [0.15, 0.2) is 18.3 Å². The Kier molecular flexibility index (Phi) is 3.65. The fourth-order valence-corrected chi connectivity index (χ4v) is 2.01. The van der Waals surface area contributed by atoms with Crippen LogP contribution in [0.1, 0.15) is 10.6 Å². The number of aromatic amines is 1. The van der Waals surface area contributed by atoms with Crippen LogP contribution in [0, 0.1) is 0 Å². The van der Waals surface area contributed by atoms with E-state index < -0.39 is 5.91 Å². The largest absolute Gasteiger partial charge is 0.378 e. The maximum atomic E-state index is 11.9. The number of ether oxygens (including phenoxy) is 1. The Morgan fingerprint density at radius 3 is 2.81 bits per heavy atom. The molecule has 0 bridgehead atoms. The van der Waals surface area contributed by atoms with Gasteiger partial charge in [0, 0.05) is 13.1 Å². The summed E-state index contributed by atoms with van der Waals surface area (Å²) in [5.74, 6) is 0.533. The van der Waals surface area contributed by atoms with Gasteiger partial charge in [-0.25, -0.2) is 4.98 Å². The predicted octanol–water partition coefficient (Wildman–Crippen LogP) is -0.129. The first-order valence-electron chi connectivity index (χ1n) is 6.50. The summed E-state index contributed by atoms with van der Waals surface area (Å²) < 4.78 is 5.30. The summed E-state index contributed by atoms with van der Waals surface area (Å²) in [5.41, 5.74) is 5.93. The number of H-pyrrole nitrogens is 1. The number of carbonyl (C=O) groups is 1. The maximum Gasteiger partial charge on any atom is 0.293 e. The third-order valence-electron chi connectivity index (χ3n) is 3.06. The van der Waals surface area contributed by atoms with E-state index in [1.165, 1.54) is 0 Å². The Morgan fingerprint density at radius 2 is 2.19 bits per heavy atom. The molecule has 21 heavy (non-hydrogen) atoms. The van der Waals surface area contributed by atoms with Gasteiger partial charge in [-0.15, -0.1) is 5.10 Å². The molecule has 0 saturated carbocycles. The molecule has 0 atom stereocenters. The third kappa shape index (κ3) is 3.08. The number of hydrogen-bond acceptors (Lipinski definition) is 7. The van der Waals surface area contributed by atoms with Crippen molar-refractivity contribution >= 4 is 23.4 Å². The van der Waals surface area contributed by atoms with Crippen LogP contribution in [0.3, 0.4) is 0 Å².